The Morgan fingerprint density at radius 3 is 2.53 bits per heavy atom. The highest BCUT2D eigenvalue weighted by Crippen LogP contribution is 2.22. The molecule has 2 N–H and O–H groups in total. The average Bonchev–Trinajstić information content (AvgIpc) is 2.34. The largest absolute Gasteiger partial charge is 0.479 e. The normalized spacial score (nSPS) is 12.2. The van der Waals surface area contributed by atoms with Gasteiger partial charge in [0, 0.05) is 23.6 Å². The molecule has 0 bridgehead atoms. The van der Waals surface area contributed by atoms with Crippen LogP contribution in [0.25, 0.3) is 0 Å². The van der Waals surface area contributed by atoms with Crippen molar-refractivity contribution in [3.05, 3.63) is 34.9 Å². The van der Waals surface area contributed by atoms with E-state index in [4.69, 9.17) is 11.6 Å². The van der Waals surface area contributed by atoms with Crippen molar-refractivity contribution >= 4 is 23.5 Å². The number of hydrogen-bond donors (Lipinski definition) is 2. The molecule has 0 aliphatic rings. The predicted molar refractivity (Wildman–Crippen MR) is 73.1 cm³/mol. The maximum Gasteiger partial charge on any atom is 0.330 e. The topological polar surface area (TPSA) is 69.6 Å². The van der Waals surface area contributed by atoms with Crippen LogP contribution in [0.15, 0.2) is 24.3 Å². The Labute approximate surface area is 117 Å². The first-order valence-electron chi connectivity index (χ1n) is 5.83. The first kappa shape index (κ1) is 15.5. The number of carboxylic acids is 1. The molecule has 0 aromatic heterocycles. The van der Waals surface area contributed by atoms with Crippen molar-refractivity contribution in [2.24, 2.45) is 0 Å². The van der Waals surface area contributed by atoms with Crippen molar-refractivity contribution in [2.75, 3.05) is 20.6 Å². The zero-order valence-electron chi connectivity index (χ0n) is 10.9. The van der Waals surface area contributed by atoms with Crippen molar-refractivity contribution in [3.63, 3.8) is 0 Å². The second-order valence-corrected chi connectivity index (χ2v) is 4.82. The summed E-state index contributed by atoms with van der Waals surface area (Å²) in [7, 11) is 3.69. The molecule has 1 atom stereocenters. The van der Waals surface area contributed by atoms with Crippen LogP contribution >= 0.6 is 11.6 Å². The van der Waals surface area contributed by atoms with Gasteiger partial charge in [-0.15, -0.1) is 0 Å². The lowest BCUT2D eigenvalue weighted by atomic mass is 10.1. The number of amides is 1. The smallest absolute Gasteiger partial charge is 0.330 e. The van der Waals surface area contributed by atoms with E-state index in [-0.39, 0.29) is 12.3 Å². The van der Waals surface area contributed by atoms with Crippen molar-refractivity contribution in [1.29, 1.82) is 0 Å². The summed E-state index contributed by atoms with van der Waals surface area (Å²) < 4.78 is 0. The van der Waals surface area contributed by atoms with Gasteiger partial charge >= 0.3 is 5.97 Å². The molecule has 0 saturated carbocycles. The Morgan fingerprint density at radius 1 is 1.37 bits per heavy atom. The summed E-state index contributed by atoms with van der Waals surface area (Å²) in [6, 6.07) is 5.46. The number of halogens is 1. The van der Waals surface area contributed by atoms with E-state index in [1.807, 2.05) is 19.0 Å². The first-order valence-corrected chi connectivity index (χ1v) is 6.21. The molecule has 19 heavy (non-hydrogen) atoms. The monoisotopic (exact) mass is 284 g/mol. The molecular formula is C13H17ClN2O3. The summed E-state index contributed by atoms with van der Waals surface area (Å²) in [5, 5.41) is 12.0. The number of carbonyl (C=O) groups is 2. The fourth-order valence-corrected chi connectivity index (χ4v) is 1.78. The quantitative estimate of drug-likeness (QED) is 0.831. The maximum absolute atomic E-state index is 11.7. The van der Waals surface area contributed by atoms with Crippen molar-refractivity contribution < 1.29 is 14.7 Å². The summed E-state index contributed by atoms with van der Waals surface area (Å²) in [6.45, 7) is 0.556. The number of hydrogen-bond acceptors (Lipinski definition) is 3. The van der Waals surface area contributed by atoms with E-state index in [0.717, 1.165) is 0 Å². The molecule has 1 amide bonds. The molecule has 0 saturated heterocycles. The lowest BCUT2D eigenvalue weighted by Crippen LogP contribution is -2.35. The number of benzene rings is 1. The third-order valence-electron chi connectivity index (χ3n) is 2.55. The minimum atomic E-state index is -1.13. The molecule has 0 fully saturated rings. The van der Waals surface area contributed by atoms with Crippen LogP contribution in [0.2, 0.25) is 5.02 Å². The van der Waals surface area contributed by atoms with Gasteiger partial charge in [-0.1, -0.05) is 29.8 Å². The van der Waals surface area contributed by atoms with Crippen LogP contribution in [0.3, 0.4) is 0 Å². The molecular weight excluding hydrogens is 268 g/mol. The molecule has 1 aromatic rings. The van der Waals surface area contributed by atoms with Gasteiger partial charge in [0.15, 0.2) is 6.04 Å². The van der Waals surface area contributed by atoms with Gasteiger partial charge in [-0.05, 0) is 20.2 Å². The van der Waals surface area contributed by atoms with Gasteiger partial charge in [-0.2, -0.15) is 0 Å². The minimum Gasteiger partial charge on any atom is -0.479 e. The van der Waals surface area contributed by atoms with Crippen molar-refractivity contribution in [3.8, 4) is 0 Å². The van der Waals surface area contributed by atoms with Crippen LogP contribution in [0.1, 0.15) is 18.0 Å². The standard InChI is InChI=1S/C13H17ClN2O3/c1-16(2)8-7-11(17)15-12(13(18)19)9-5-3-4-6-10(9)14/h3-6,12H,7-8H2,1-2H3,(H,15,17)(H,18,19)/t12-/m1/s1. The molecule has 5 nitrogen and oxygen atoms in total. The van der Waals surface area contributed by atoms with Crippen LogP contribution < -0.4 is 5.32 Å². The fourth-order valence-electron chi connectivity index (χ4n) is 1.54. The Morgan fingerprint density at radius 2 is 2.00 bits per heavy atom. The lowest BCUT2D eigenvalue weighted by molar-refractivity contribution is -0.142. The van der Waals surface area contributed by atoms with Gasteiger partial charge in [0.25, 0.3) is 0 Å². The minimum absolute atomic E-state index is 0.237. The van der Waals surface area contributed by atoms with Crippen molar-refractivity contribution in [1.82, 2.24) is 10.2 Å². The predicted octanol–water partition coefficient (Wildman–Crippen LogP) is 1.53. The number of rotatable bonds is 6. The van der Waals surface area contributed by atoms with Gasteiger partial charge in [0.1, 0.15) is 0 Å². The van der Waals surface area contributed by atoms with Crippen LogP contribution in [0.4, 0.5) is 0 Å². The second kappa shape index (κ2) is 7.11. The molecule has 1 aromatic carbocycles. The highest BCUT2D eigenvalue weighted by Gasteiger charge is 2.23. The SMILES string of the molecule is CN(C)CCC(=O)N[C@@H](C(=O)O)c1ccccc1Cl. The first-order chi connectivity index (χ1) is 8.91. The molecule has 104 valence electrons. The number of aliphatic carboxylic acids is 1. The fraction of sp³-hybridized carbons (Fsp3) is 0.385. The van der Waals surface area contributed by atoms with E-state index in [1.165, 1.54) is 0 Å². The van der Waals surface area contributed by atoms with E-state index in [0.29, 0.717) is 17.1 Å². The number of carboxylic acid groups (broad SMARTS) is 1. The van der Waals surface area contributed by atoms with E-state index in [1.54, 1.807) is 24.3 Å². The highest BCUT2D eigenvalue weighted by molar-refractivity contribution is 6.31. The zero-order valence-corrected chi connectivity index (χ0v) is 11.6. The van der Waals surface area contributed by atoms with Gasteiger partial charge < -0.3 is 15.3 Å². The molecule has 0 spiro atoms. The summed E-state index contributed by atoms with van der Waals surface area (Å²) >= 11 is 5.95. The van der Waals surface area contributed by atoms with Crippen LogP contribution in [0, 0.1) is 0 Å². The van der Waals surface area contributed by atoms with Crippen LogP contribution in [-0.4, -0.2) is 42.5 Å². The Balaban J connectivity index is 2.77. The van der Waals surface area contributed by atoms with Crippen LogP contribution in [-0.2, 0) is 9.59 Å². The molecule has 0 aliphatic carbocycles. The lowest BCUT2D eigenvalue weighted by Gasteiger charge is -2.17. The third kappa shape index (κ3) is 4.89. The Kier molecular flexibility index (Phi) is 5.79. The van der Waals surface area contributed by atoms with E-state index in [2.05, 4.69) is 5.32 Å². The van der Waals surface area contributed by atoms with E-state index < -0.39 is 12.0 Å². The van der Waals surface area contributed by atoms with Gasteiger partial charge in [-0.25, -0.2) is 4.79 Å². The Bertz CT molecular complexity index is 463. The molecule has 0 heterocycles. The van der Waals surface area contributed by atoms with Crippen LogP contribution in [0.5, 0.6) is 0 Å². The van der Waals surface area contributed by atoms with Gasteiger partial charge in [0.05, 0.1) is 0 Å². The zero-order chi connectivity index (χ0) is 14.4. The molecule has 1 rings (SSSR count). The Hall–Kier alpha value is -1.59. The van der Waals surface area contributed by atoms with E-state index in [9.17, 15) is 14.7 Å². The number of nitrogens with one attached hydrogen (secondary N) is 1. The summed E-state index contributed by atoms with van der Waals surface area (Å²) in [5.41, 5.74) is 0.384. The molecule has 0 aliphatic heterocycles. The summed E-state index contributed by atoms with van der Waals surface area (Å²) in [5.74, 6) is -1.45. The molecule has 0 unspecified atom stereocenters. The van der Waals surface area contributed by atoms with E-state index >= 15 is 0 Å². The van der Waals surface area contributed by atoms with Gasteiger partial charge in [-0.3, -0.25) is 4.79 Å². The molecule has 6 heteroatoms. The number of nitrogens with zero attached hydrogens (tertiary/aromatic N) is 1. The van der Waals surface area contributed by atoms with Crippen molar-refractivity contribution in [2.45, 2.75) is 12.5 Å². The average molecular weight is 285 g/mol. The number of carbonyl (C=O) groups excluding carboxylic acids is 1. The molecule has 0 radical (unpaired) electrons. The second-order valence-electron chi connectivity index (χ2n) is 4.41. The highest BCUT2D eigenvalue weighted by atomic mass is 35.5. The summed E-state index contributed by atoms with van der Waals surface area (Å²) in [6.07, 6.45) is 0.237. The third-order valence-corrected chi connectivity index (χ3v) is 2.90. The summed E-state index contributed by atoms with van der Waals surface area (Å²) in [4.78, 5) is 24.8. The van der Waals surface area contributed by atoms with Gasteiger partial charge in [0.2, 0.25) is 5.91 Å². The maximum atomic E-state index is 11.7.